The summed E-state index contributed by atoms with van der Waals surface area (Å²) in [4.78, 5) is 3.73. The minimum Gasteiger partial charge on any atom is -0.239 e. The zero-order valence-electron chi connectivity index (χ0n) is 7.48. The summed E-state index contributed by atoms with van der Waals surface area (Å²) < 4.78 is 25.1. The number of halogens is 4. The Morgan fingerprint density at radius 1 is 1.53 bits per heavy atom. The summed E-state index contributed by atoms with van der Waals surface area (Å²) in [6.45, 7) is 0. The second-order valence-corrected chi connectivity index (χ2v) is 3.37. The van der Waals surface area contributed by atoms with Crippen molar-refractivity contribution in [2.75, 3.05) is 0 Å². The van der Waals surface area contributed by atoms with Gasteiger partial charge in [0.2, 0.25) is 0 Å². The van der Waals surface area contributed by atoms with Gasteiger partial charge >= 0.3 is 0 Å². The summed E-state index contributed by atoms with van der Waals surface area (Å²) in [6.07, 6.45) is -2.87. The van der Waals surface area contributed by atoms with Gasteiger partial charge < -0.3 is 0 Å². The molecule has 0 unspecified atom stereocenters. The van der Waals surface area contributed by atoms with Crippen molar-refractivity contribution in [3.63, 3.8) is 0 Å². The molecule has 0 aromatic carbocycles. The molecule has 6 heteroatoms. The lowest BCUT2D eigenvalue weighted by Gasteiger charge is -2.08. The van der Waals surface area contributed by atoms with E-state index in [9.17, 15) is 8.78 Å². The van der Waals surface area contributed by atoms with E-state index >= 15 is 0 Å². The van der Waals surface area contributed by atoms with Gasteiger partial charge in [0.05, 0.1) is 24.1 Å². The monoisotopic (exact) mass is 250 g/mol. The number of nitrogens with zero attached hydrogens (tertiary/aromatic N) is 2. The van der Waals surface area contributed by atoms with Crippen LogP contribution in [0.3, 0.4) is 0 Å². The Morgan fingerprint density at radius 3 is 2.67 bits per heavy atom. The van der Waals surface area contributed by atoms with E-state index in [1.54, 1.807) is 6.07 Å². The van der Waals surface area contributed by atoms with Crippen molar-refractivity contribution in [2.24, 2.45) is 0 Å². The highest BCUT2D eigenvalue weighted by atomic mass is 35.5. The predicted octanol–water partition coefficient (Wildman–Crippen LogP) is 3.48. The molecule has 0 bridgehead atoms. The van der Waals surface area contributed by atoms with Gasteiger partial charge in [-0.15, -0.1) is 11.6 Å². The topological polar surface area (TPSA) is 36.7 Å². The standard InChI is InChI=1S/C9H6Cl2F2N2/c10-4-5-3-6(9(12)13)7(1-2-14)15-8(5)11/h3,9H,1,4H2. The molecule has 1 aromatic rings. The SMILES string of the molecule is N#CCc1nc(Cl)c(CCl)cc1C(F)F. The van der Waals surface area contributed by atoms with Gasteiger partial charge in [0.15, 0.2) is 0 Å². The lowest BCUT2D eigenvalue weighted by molar-refractivity contribution is 0.150. The summed E-state index contributed by atoms with van der Waals surface area (Å²) in [6, 6.07) is 2.95. The Kier molecular flexibility index (Phi) is 4.25. The van der Waals surface area contributed by atoms with Crippen LogP contribution >= 0.6 is 23.2 Å². The maximum absolute atomic E-state index is 12.6. The third kappa shape index (κ3) is 2.77. The van der Waals surface area contributed by atoms with Gasteiger partial charge in [0.25, 0.3) is 6.43 Å². The minimum absolute atomic E-state index is 0.00590. The van der Waals surface area contributed by atoms with Crippen LogP contribution < -0.4 is 0 Å². The van der Waals surface area contributed by atoms with Crippen molar-refractivity contribution in [3.05, 3.63) is 28.0 Å². The zero-order chi connectivity index (χ0) is 11.4. The fourth-order valence-corrected chi connectivity index (χ4v) is 1.58. The van der Waals surface area contributed by atoms with Gasteiger partial charge in [-0.1, -0.05) is 11.6 Å². The average Bonchev–Trinajstić information content (AvgIpc) is 2.18. The fourth-order valence-electron chi connectivity index (χ4n) is 1.08. The maximum atomic E-state index is 12.6. The Bertz CT molecular complexity index is 402. The number of nitriles is 1. The van der Waals surface area contributed by atoms with Crippen molar-refractivity contribution in [1.82, 2.24) is 4.98 Å². The van der Waals surface area contributed by atoms with E-state index in [1.807, 2.05) is 0 Å². The van der Waals surface area contributed by atoms with Gasteiger partial charge in [-0.2, -0.15) is 5.26 Å². The predicted molar refractivity (Wildman–Crippen MR) is 53.1 cm³/mol. The molecule has 0 spiro atoms. The molecule has 80 valence electrons. The normalized spacial score (nSPS) is 10.4. The first kappa shape index (κ1) is 12.2. The summed E-state index contributed by atoms with van der Waals surface area (Å²) in [7, 11) is 0. The van der Waals surface area contributed by atoms with E-state index in [0.717, 1.165) is 0 Å². The van der Waals surface area contributed by atoms with E-state index < -0.39 is 6.43 Å². The Morgan fingerprint density at radius 2 is 2.20 bits per heavy atom. The van der Waals surface area contributed by atoms with Crippen LogP contribution in [-0.2, 0) is 12.3 Å². The smallest absolute Gasteiger partial charge is 0.239 e. The van der Waals surface area contributed by atoms with Crippen molar-refractivity contribution in [3.8, 4) is 6.07 Å². The molecular weight excluding hydrogens is 245 g/mol. The molecule has 0 aliphatic rings. The quantitative estimate of drug-likeness (QED) is 0.609. The van der Waals surface area contributed by atoms with Gasteiger partial charge in [0, 0.05) is 11.1 Å². The van der Waals surface area contributed by atoms with Crippen LogP contribution in [0.1, 0.15) is 23.2 Å². The molecule has 1 aromatic heterocycles. The van der Waals surface area contributed by atoms with E-state index in [1.165, 1.54) is 6.07 Å². The van der Waals surface area contributed by atoms with Crippen LogP contribution in [0, 0.1) is 11.3 Å². The summed E-state index contributed by atoms with van der Waals surface area (Å²) in [5.74, 6) is 0.0123. The molecule has 0 fully saturated rings. The highest BCUT2D eigenvalue weighted by molar-refractivity contribution is 6.31. The minimum atomic E-state index is -2.68. The van der Waals surface area contributed by atoms with Gasteiger partial charge in [-0.05, 0) is 6.07 Å². The molecule has 15 heavy (non-hydrogen) atoms. The van der Waals surface area contributed by atoms with E-state index in [0.29, 0.717) is 5.56 Å². The highest BCUT2D eigenvalue weighted by Gasteiger charge is 2.17. The number of pyridine rings is 1. The second kappa shape index (κ2) is 5.24. The van der Waals surface area contributed by atoms with Crippen LogP contribution in [0.2, 0.25) is 5.15 Å². The van der Waals surface area contributed by atoms with E-state index in [-0.39, 0.29) is 28.7 Å². The molecular formula is C9H6Cl2F2N2. The Labute approximate surface area is 95.4 Å². The first-order chi connectivity index (χ1) is 7.10. The van der Waals surface area contributed by atoms with Crippen LogP contribution in [-0.4, -0.2) is 4.98 Å². The molecule has 0 amide bonds. The van der Waals surface area contributed by atoms with Crippen molar-refractivity contribution >= 4 is 23.2 Å². The van der Waals surface area contributed by atoms with E-state index in [4.69, 9.17) is 28.5 Å². The van der Waals surface area contributed by atoms with Crippen LogP contribution in [0.15, 0.2) is 6.07 Å². The average molecular weight is 251 g/mol. The lowest BCUT2D eigenvalue weighted by Crippen LogP contribution is -2.01. The van der Waals surface area contributed by atoms with Crippen molar-refractivity contribution < 1.29 is 8.78 Å². The number of hydrogen-bond acceptors (Lipinski definition) is 2. The van der Waals surface area contributed by atoms with E-state index in [2.05, 4.69) is 4.98 Å². The largest absolute Gasteiger partial charge is 0.265 e. The highest BCUT2D eigenvalue weighted by Crippen LogP contribution is 2.27. The lowest BCUT2D eigenvalue weighted by atomic mass is 10.1. The number of aromatic nitrogens is 1. The number of alkyl halides is 3. The van der Waals surface area contributed by atoms with Gasteiger partial charge in [0.1, 0.15) is 5.15 Å². The second-order valence-electron chi connectivity index (χ2n) is 2.74. The first-order valence-corrected chi connectivity index (χ1v) is 4.90. The van der Waals surface area contributed by atoms with Crippen molar-refractivity contribution in [1.29, 1.82) is 5.26 Å². The third-order valence-electron chi connectivity index (χ3n) is 1.79. The molecule has 0 aliphatic heterocycles. The molecule has 0 N–H and O–H groups in total. The van der Waals surface area contributed by atoms with Gasteiger partial charge in [-0.3, -0.25) is 0 Å². The molecule has 1 heterocycles. The molecule has 0 aliphatic carbocycles. The summed E-state index contributed by atoms with van der Waals surface area (Å²) in [5, 5.41) is 8.51. The first-order valence-electron chi connectivity index (χ1n) is 3.99. The molecule has 0 saturated carbocycles. The summed E-state index contributed by atoms with van der Waals surface area (Å²) in [5.41, 5.74) is 0.0679. The molecule has 0 radical (unpaired) electrons. The van der Waals surface area contributed by atoms with Crippen molar-refractivity contribution in [2.45, 2.75) is 18.7 Å². The van der Waals surface area contributed by atoms with Crippen LogP contribution in [0.25, 0.3) is 0 Å². The van der Waals surface area contributed by atoms with Crippen LogP contribution in [0.5, 0.6) is 0 Å². The number of rotatable bonds is 3. The Balaban J connectivity index is 3.26. The van der Waals surface area contributed by atoms with Crippen LogP contribution in [0.4, 0.5) is 8.78 Å². The number of hydrogen-bond donors (Lipinski definition) is 0. The maximum Gasteiger partial charge on any atom is 0.265 e. The zero-order valence-corrected chi connectivity index (χ0v) is 8.99. The molecule has 1 rings (SSSR count). The molecule has 0 saturated heterocycles. The fraction of sp³-hybridized carbons (Fsp3) is 0.333. The third-order valence-corrected chi connectivity index (χ3v) is 2.40. The molecule has 2 nitrogen and oxygen atoms in total. The summed E-state index contributed by atoms with van der Waals surface area (Å²) >= 11 is 11.2. The molecule has 0 atom stereocenters. The van der Waals surface area contributed by atoms with Gasteiger partial charge in [-0.25, -0.2) is 13.8 Å². The Hall–Kier alpha value is -0.920.